The molecule has 0 spiro atoms. The van der Waals surface area contributed by atoms with Crippen molar-refractivity contribution in [3.8, 4) is 0 Å². The van der Waals surface area contributed by atoms with Crippen molar-refractivity contribution in [1.29, 1.82) is 0 Å². The van der Waals surface area contributed by atoms with Gasteiger partial charge >= 0.3 is 0 Å². The maximum Gasteiger partial charge on any atom is 0.251 e. The van der Waals surface area contributed by atoms with Gasteiger partial charge in [0.15, 0.2) is 6.10 Å². The molecule has 1 heterocycles. The molecule has 1 aliphatic rings. The number of benzene rings is 1. The number of hydrogen-bond acceptors (Lipinski definition) is 3. The van der Waals surface area contributed by atoms with Crippen LogP contribution in [0.5, 0.6) is 0 Å². The van der Waals surface area contributed by atoms with Crippen molar-refractivity contribution < 1.29 is 14.3 Å². The Morgan fingerprint density at radius 2 is 2.05 bits per heavy atom. The molecule has 19 heavy (non-hydrogen) atoms. The summed E-state index contributed by atoms with van der Waals surface area (Å²) in [5.74, 6) is -0.403. The van der Waals surface area contributed by atoms with Gasteiger partial charge in [-0.1, -0.05) is 23.7 Å². The molecular formula is C13H15ClN2O3. The average molecular weight is 283 g/mol. The molecule has 1 N–H and O–H groups in total. The Bertz CT molecular complexity index is 489. The Kier molecular flexibility index (Phi) is 4.07. The minimum absolute atomic E-state index is 0.0846. The van der Waals surface area contributed by atoms with Crippen LogP contribution in [0.4, 0.5) is 0 Å². The fourth-order valence-electron chi connectivity index (χ4n) is 2.13. The van der Waals surface area contributed by atoms with Gasteiger partial charge < -0.3 is 15.0 Å². The van der Waals surface area contributed by atoms with Crippen LogP contribution >= 0.6 is 11.6 Å². The molecule has 2 rings (SSSR count). The van der Waals surface area contributed by atoms with Crippen molar-refractivity contribution in [2.24, 2.45) is 0 Å². The molecule has 0 aromatic heterocycles. The SMILES string of the molecule is CNC(=O)C1OCC(=O)N(C)C1c1ccc(Cl)cc1. The lowest BCUT2D eigenvalue weighted by Gasteiger charge is -2.38. The summed E-state index contributed by atoms with van der Waals surface area (Å²) in [5.41, 5.74) is 0.813. The second-order valence-corrected chi connectivity index (χ2v) is 4.78. The summed E-state index contributed by atoms with van der Waals surface area (Å²) in [4.78, 5) is 25.1. The summed E-state index contributed by atoms with van der Waals surface area (Å²) in [6.45, 7) is -0.0846. The maximum absolute atomic E-state index is 11.9. The van der Waals surface area contributed by atoms with Crippen LogP contribution in [-0.4, -0.2) is 43.5 Å². The Labute approximate surface area is 116 Å². The molecule has 1 aromatic carbocycles. The van der Waals surface area contributed by atoms with Crippen LogP contribution < -0.4 is 5.32 Å². The highest BCUT2D eigenvalue weighted by Crippen LogP contribution is 2.29. The smallest absolute Gasteiger partial charge is 0.251 e. The van der Waals surface area contributed by atoms with Crippen LogP contribution in [-0.2, 0) is 14.3 Å². The highest BCUT2D eigenvalue weighted by Gasteiger charge is 2.39. The normalized spacial score (nSPS) is 23.3. The molecule has 1 aromatic rings. The number of likely N-dealkylation sites (N-methyl/N-ethyl adjacent to an activating group) is 2. The molecule has 2 atom stereocenters. The Balaban J connectivity index is 2.36. The minimum atomic E-state index is -0.714. The summed E-state index contributed by atoms with van der Waals surface area (Å²) < 4.78 is 5.37. The lowest BCUT2D eigenvalue weighted by Crippen LogP contribution is -2.52. The Morgan fingerprint density at radius 3 is 2.63 bits per heavy atom. The fraction of sp³-hybridized carbons (Fsp3) is 0.385. The van der Waals surface area contributed by atoms with Gasteiger partial charge in [-0.2, -0.15) is 0 Å². The van der Waals surface area contributed by atoms with Gasteiger partial charge in [0.05, 0.1) is 6.04 Å². The summed E-state index contributed by atoms with van der Waals surface area (Å²) in [5, 5.41) is 3.16. The number of morpholine rings is 1. The van der Waals surface area contributed by atoms with E-state index < -0.39 is 12.1 Å². The minimum Gasteiger partial charge on any atom is -0.357 e. The number of amides is 2. The van der Waals surface area contributed by atoms with Crippen LogP contribution in [0, 0.1) is 0 Å². The molecule has 0 saturated carbocycles. The molecule has 1 saturated heterocycles. The van der Waals surface area contributed by atoms with E-state index in [1.54, 1.807) is 38.4 Å². The van der Waals surface area contributed by atoms with Gasteiger partial charge in [-0.15, -0.1) is 0 Å². The topological polar surface area (TPSA) is 58.6 Å². The lowest BCUT2D eigenvalue weighted by molar-refractivity contribution is -0.161. The zero-order valence-electron chi connectivity index (χ0n) is 10.7. The molecule has 0 bridgehead atoms. The molecular weight excluding hydrogens is 268 g/mol. The predicted octanol–water partition coefficient (Wildman–Crippen LogP) is 0.984. The molecule has 102 valence electrons. The van der Waals surface area contributed by atoms with E-state index >= 15 is 0 Å². The molecule has 0 radical (unpaired) electrons. The molecule has 1 aliphatic heterocycles. The van der Waals surface area contributed by atoms with Crippen molar-refractivity contribution >= 4 is 23.4 Å². The highest BCUT2D eigenvalue weighted by molar-refractivity contribution is 6.30. The summed E-state index contributed by atoms with van der Waals surface area (Å²) in [6, 6.07) is 6.59. The number of carbonyl (C=O) groups excluding carboxylic acids is 2. The van der Waals surface area contributed by atoms with Crippen LogP contribution in [0.1, 0.15) is 11.6 Å². The fourth-order valence-corrected chi connectivity index (χ4v) is 2.26. The molecule has 5 nitrogen and oxygen atoms in total. The molecule has 0 aliphatic carbocycles. The van der Waals surface area contributed by atoms with Gasteiger partial charge in [0.2, 0.25) is 5.91 Å². The van der Waals surface area contributed by atoms with E-state index in [4.69, 9.17) is 16.3 Å². The van der Waals surface area contributed by atoms with Crippen molar-refractivity contribution in [2.75, 3.05) is 20.7 Å². The largest absolute Gasteiger partial charge is 0.357 e. The quantitative estimate of drug-likeness (QED) is 0.880. The van der Waals surface area contributed by atoms with Gasteiger partial charge in [0.25, 0.3) is 5.91 Å². The molecule has 1 fully saturated rings. The van der Waals surface area contributed by atoms with Crippen LogP contribution in [0.25, 0.3) is 0 Å². The van der Waals surface area contributed by atoms with Crippen molar-refractivity contribution in [2.45, 2.75) is 12.1 Å². The molecule has 6 heteroatoms. The molecule has 2 amide bonds. The number of ether oxygens (including phenoxy) is 1. The monoisotopic (exact) mass is 282 g/mol. The van der Waals surface area contributed by atoms with Crippen LogP contribution in [0.3, 0.4) is 0 Å². The number of hydrogen-bond donors (Lipinski definition) is 1. The Morgan fingerprint density at radius 1 is 1.42 bits per heavy atom. The van der Waals surface area contributed by atoms with E-state index in [0.717, 1.165) is 5.56 Å². The number of carbonyl (C=O) groups is 2. The third-order valence-electron chi connectivity index (χ3n) is 3.20. The summed E-state index contributed by atoms with van der Waals surface area (Å²) in [7, 11) is 3.21. The Hall–Kier alpha value is -1.59. The number of nitrogens with zero attached hydrogens (tertiary/aromatic N) is 1. The van der Waals surface area contributed by atoms with Crippen molar-refractivity contribution in [3.63, 3.8) is 0 Å². The zero-order chi connectivity index (χ0) is 14.0. The number of nitrogens with one attached hydrogen (secondary N) is 1. The van der Waals surface area contributed by atoms with E-state index in [9.17, 15) is 9.59 Å². The highest BCUT2D eigenvalue weighted by atomic mass is 35.5. The van der Waals surface area contributed by atoms with E-state index in [0.29, 0.717) is 5.02 Å². The number of halogens is 1. The lowest BCUT2D eigenvalue weighted by atomic mass is 9.98. The first-order valence-electron chi connectivity index (χ1n) is 5.89. The summed E-state index contributed by atoms with van der Waals surface area (Å²) >= 11 is 5.85. The van der Waals surface area contributed by atoms with Crippen LogP contribution in [0.15, 0.2) is 24.3 Å². The van der Waals surface area contributed by atoms with Crippen LogP contribution in [0.2, 0.25) is 5.02 Å². The van der Waals surface area contributed by atoms with Gasteiger partial charge in [-0.3, -0.25) is 9.59 Å². The third-order valence-corrected chi connectivity index (χ3v) is 3.45. The van der Waals surface area contributed by atoms with Gasteiger partial charge in [0.1, 0.15) is 6.61 Å². The maximum atomic E-state index is 11.9. The zero-order valence-corrected chi connectivity index (χ0v) is 11.5. The second kappa shape index (κ2) is 5.59. The third kappa shape index (κ3) is 2.72. The van der Waals surface area contributed by atoms with E-state index in [1.165, 1.54) is 4.90 Å². The number of rotatable bonds is 2. The van der Waals surface area contributed by atoms with Crippen molar-refractivity contribution in [3.05, 3.63) is 34.9 Å². The summed E-state index contributed by atoms with van der Waals surface area (Å²) in [6.07, 6.45) is -0.714. The van der Waals surface area contributed by atoms with Gasteiger partial charge in [-0.25, -0.2) is 0 Å². The first kappa shape index (κ1) is 13.8. The van der Waals surface area contributed by atoms with E-state index in [2.05, 4.69) is 5.32 Å². The second-order valence-electron chi connectivity index (χ2n) is 4.35. The predicted molar refractivity (Wildman–Crippen MR) is 70.8 cm³/mol. The molecule has 2 unspecified atom stereocenters. The average Bonchev–Trinajstić information content (AvgIpc) is 2.42. The standard InChI is InChI=1S/C13H15ClN2O3/c1-15-13(18)12-11(16(2)10(17)7-19-12)8-3-5-9(14)6-4-8/h3-6,11-12H,7H2,1-2H3,(H,15,18). The van der Waals surface area contributed by atoms with Gasteiger partial charge in [0, 0.05) is 19.1 Å². The van der Waals surface area contributed by atoms with Crippen molar-refractivity contribution in [1.82, 2.24) is 10.2 Å². The van der Waals surface area contributed by atoms with E-state index in [1.807, 2.05) is 0 Å². The van der Waals surface area contributed by atoms with Gasteiger partial charge in [-0.05, 0) is 17.7 Å². The van der Waals surface area contributed by atoms with E-state index in [-0.39, 0.29) is 18.4 Å². The first-order valence-corrected chi connectivity index (χ1v) is 6.26. The first-order chi connectivity index (χ1) is 9.04.